The van der Waals surface area contributed by atoms with E-state index in [1.807, 2.05) is 12.1 Å². The van der Waals surface area contributed by atoms with Crippen LogP contribution in [0.2, 0.25) is 0 Å². The van der Waals surface area contributed by atoms with E-state index in [0.29, 0.717) is 17.2 Å². The van der Waals surface area contributed by atoms with Gasteiger partial charge in [-0.3, -0.25) is 9.59 Å². The lowest BCUT2D eigenvalue weighted by Crippen LogP contribution is -2.37. The number of nitrogens with one attached hydrogen (secondary N) is 1. The van der Waals surface area contributed by atoms with E-state index in [9.17, 15) is 9.59 Å². The summed E-state index contributed by atoms with van der Waals surface area (Å²) in [6.07, 6.45) is 3.34. The van der Waals surface area contributed by atoms with Crippen LogP contribution in [0.15, 0.2) is 42.5 Å². The highest BCUT2D eigenvalue weighted by atomic mass is 16.5. The number of hydrogen-bond donors (Lipinski definition) is 1. The Morgan fingerprint density at radius 2 is 1.74 bits per heavy atom. The molecular weight excluding hydrogens is 344 g/mol. The van der Waals surface area contributed by atoms with Crippen molar-refractivity contribution in [1.29, 1.82) is 0 Å². The van der Waals surface area contributed by atoms with E-state index in [1.165, 1.54) is 22.4 Å². The molecule has 6 nitrogen and oxygen atoms in total. The smallest absolute Gasteiger partial charge is 0.260 e. The fourth-order valence-corrected chi connectivity index (χ4v) is 3.07. The van der Waals surface area contributed by atoms with Gasteiger partial charge in [-0.15, -0.1) is 0 Å². The van der Waals surface area contributed by atoms with Crippen LogP contribution in [-0.4, -0.2) is 44.0 Å². The largest absolute Gasteiger partial charge is 0.497 e. The minimum absolute atomic E-state index is 0.0432. The van der Waals surface area contributed by atoms with E-state index in [-0.39, 0.29) is 25.0 Å². The maximum atomic E-state index is 12.2. The number of anilines is 1. The summed E-state index contributed by atoms with van der Waals surface area (Å²) < 4.78 is 10.7. The quantitative estimate of drug-likeness (QED) is 0.816. The normalized spacial score (nSPS) is 12.2. The molecule has 1 N–H and O–H groups in total. The van der Waals surface area contributed by atoms with E-state index in [1.54, 1.807) is 38.4 Å². The molecule has 27 heavy (non-hydrogen) atoms. The zero-order valence-corrected chi connectivity index (χ0v) is 15.7. The predicted octanol–water partition coefficient (Wildman–Crippen LogP) is 2.66. The van der Waals surface area contributed by atoms with Crippen molar-refractivity contribution in [3.05, 3.63) is 53.6 Å². The Balaban J connectivity index is 1.46. The van der Waals surface area contributed by atoms with Crippen LogP contribution < -0.4 is 14.8 Å². The summed E-state index contributed by atoms with van der Waals surface area (Å²) in [7, 11) is 3.17. The van der Waals surface area contributed by atoms with Crippen molar-refractivity contribution in [3.8, 4) is 11.5 Å². The van der Waals surface area contributed by atoms with Gasteiger partial charge in [0.1, 0.15) is 11.5 Å². The molecule has 0 unspecified atom stereocenters. The predicted molar refractivity (Wildman–Crippen MR) is 103 cm³/mol. The van der Waals surface area contributed by atoms with Gasteiger partial charge in [-0.1, -0.05) is 6.07 Å². The number of amides is 2. The van der Waals surface area contributed by atoms with E-state index >= 15 is 0 Å². The van der Waals surface area contributed by atoms with Crippen molar-refractivity contribution < 1.29 is 19.1 Å². The summed E-state index contributed by atoms with van der Waals surface area (Å²) >= 11 is 0. The van der Waals surface area contributed by atoms with Crippen LogP contribution >= 0.6 is 0 Å². The lowest BCUT2D eigenvalue weighted by atomic mass is 10.1. The van der Waals surface area contributed by atoms with Crippen molar-refractivity contribution in [1.82, 2.24) is 4.90 Å². The number of carbonyl (C=O) groups excluding carboxylic acids is 2. The number of likely N-dealkylation sites (N-methyl/N-ethyl adjacent to an activating group) is 1. The minimum atomic E-state index is -0.270. The molecular formula is C21H24N2O4. The highest BCUT2D eigenvalue weighted by Gasteiger charge is 2.15. The Morgan fingerprint density at radius 1 is 1.04 bits per heavy atom. The van der Waals surface area contributed by atoms with Gasteiger partial charge in [-0.2, -0.15) is 0 Å². The number of ether oxygens (including phenoxy) is 2. The highest BCUT2D eigenvalue weighted by molar-refractivity contribution is 5.94. The Labute approximate surface area is 159 Å². The summed E-state index contributed by atoms with van der Waals surface area (Å²) in [6.45, 7) is -0.135. The molecule has 0 fully saturated rings. The number of rotatable bonds is 7. The second-order valence-corrected chi connectivity index (χ2v) is 6.60. The van der Waals surface area contributed by atoms with Crippen LogP contribution in [0.1, 0.15) is 17.5 Å². The number of fused-ring (bicyclic) bond motifs is 1. The van der Waals surface area contributed by atoms with E-state index < -0.39 is 0 Å². The third-order valence-corrected chi connectivity index (χ3v) is 4.61. The van der Waals surface area contributed by atoms with Crippen LogP contribution in [0, 0.1) is 0 Å². The van der Waals surface area contributed by atoms with Gasteiger partial charge >= 0.3 is 0 Å². The summed E-state index contributed by atoms with van der Waals surface area (Å²) in [6, 6.07) is 13.0. The molecule has 1 aliphatic rings. The molecule has 0 saturated carbocycles. The van der Waals surface area contributed by atoms with Crippen LogP contribution in [0.25, 0.3) is 0 Å². The number of aryl methyl sites for hydroxylation is 2. The third-order valence-electron chi connectivity index (χ3n) is 4.61. The van der Waals surface area contributed by atoms with Gasteiger partial charge in [0.05, 0.1) is 13.7 Å². The Hall–Kier alpha value is -3.02. The van der Waals surface area contributed by atoms with E-state index in [2.05, 4.69) is 11.4 Å². The molecule has 1 aliphatic carbocycles. The van der Waals surface area contributed by atoms with Gasteiger partial charge in [0.15, 0.2) is 6.61 Å². The Bertz CT molecular complexity index is 817. The first-order valence-corrected chi connectivity index (χ1v) is 8.97. The first-order chi connectivity index (χ1) is 13.0. The molecule has 0 aromatic heterocycles. The van der Waals surface area contributed by atoms with Gasteiger partial charge in [0.2, 0.25) is 5.91 Å². The standard InChI is InChI=1S/C21H24N2O4/c1-23(13-20(24)22-17-7-10-18(26-2)11-8-17)21(25)14-27-19-9-6-15-4-3-5-16(15)12-19/h6-12H,3-5,13-14H2,1-2H3,(H,22,24). The van der Waals surface area contributed by atoms with Gasteiger partial charge in [-0.05, 0) is 66.8 Å². The van der Waals surface area contributed by atoms with Crippen molar-refractivity contribution in [2.45, 2.75) is 19.3 Å². The molecule has 0 heterocycles. The molecule has 2 aromatic carbocycles. The Kier molecular flexibility index (Phi) is 5.96. The SMILES string of the molecule is COc1ccc(NC(=O)CN(C)C(=O)COc2ccc3c(c2)CCC3)cc1. The molecule has 6 heteroatoms. The second-order valence-electron chi connectivity index (χ2n) is 6.60. The van der Waals surface area contributed by atoms with Gasteiger partial charge < -0.3 is 19.7 Å². The number of methoxy groups -OCH3 is 1. The first kappa shape index (κ1) is 18.8. The van der Waals surface area contributed by atoms with Crippen LogP contribution in [0.4, 0.5) is 5.69 Å². The van der Waals surface area contributed by atoms with Crippen molar-refractivity contribution in [2.24, 2.45) is 0 Å². The van der Waals surface area contributed by atoms with Crippen LogP contribution in [0.3, 0.4) is 0 Å². The third kappa shape index (κ3) is 5.00. The molecule has 0 atom stereocenters. The summed E-state index contributed by atoms with van der Waals surface area (Å²) in [5.41, 5.74) is 3.31. The summed E-state index contributed by atoms with van der Waals surface area (Å²) in [5.74, 6) is 0.887. The minimum Gasteiger partial charge on any atom is -0.497 e. The number of nitrogens with zero attached hydrogens (tertiary/aromatic N) is 1. The second kappa shape index (κ2) is 8.58. The first-order valence-electron chi connectivity index (χ1n) is 8.97. The molecule has 0 spiro atoms. The zero-order chi connectivity index (χ0) is 19.2. The maximum Gasteiger partial charge on any atom is 0.260 e. The average Bonchev–Trinajstić information content (AvgIpc) is 3.14. The molecule has 3 rings (SSSR count). The maximum absolute atomic E-state index is 12.2. The molecule has 142 valence electrons. The molecule has 2 amide bonds. The lowest BCUT2D eigenvalue weighted by molar-refractivity contribution is -0.135. The van der Waals surface area contributed by atoms with E-state index in [0.717, 1.165) is 12.8 Å². The van der Waals surface area contributed by atoms with Crippen molar-refractivity contribution >= 4 is 17.5 Å². The van der Waals surface area contributed by atoms with Gasteiger partial charge in [0, 0.05) is 12.7 Å². The molecule has 2 aromatic rings. The lowest BCUT2D eigenvalue weighted by Gasteiger charge is -2.17. The van der Waals surface area contributed by atoms with Crippen LogP contribution in [-0.2, 0) is 22.4 Å². The van der Waals surface area contributed by atoms with E-state index in [4.69, 9.17) is 9.47 Å². The fourth-order valence-electron chi connectivity index (χ4n) is 3.07. The zero-order valence-electron chi connectivity index (χ0n) is 15.7. The van der Waals surface area contributed by atoms with Crippen molar-refractivity contribution in [2.75, 3.05) is 32.6 Å². The van der Waals surface area contributed by atoms with Crippen molar-refractivity contribution in [3.63, 3.8) is 0 Å². The summed E-state index contributed by atoms with van der Waals surface area (Å²) in [4.78, 5) is 25.7. The average molecular weight is 368 g/mol. The fraction of sp³-hybridized carbons (Fsp3) is 0.333. The number of hydrogen-bond acceptors (Lipinski definition) is 4. The van der Waals surface area contributed by atoms with Gasteiger partial charge in [0.25, 0.3) is 5.91 Å². The topological polar surface area (TPSA) is 67.9 Å². The molecule has 0 saturated heterocycles. The molecule has 0 bridgehead atoms. The highest BCUT2D eigenvalue weighted by Crippen LogP contribution is 2.26. The van der Waals surface area contributed by atoms with Crippen LogP contribution in [0.5, 0.6) is 11.5 Å². The molecule has 0 radical (unpaired) electrons. The van der Waals surface area contributed by atoms with Gasteiger partial charge in [-0.25, -0.2) is 0 Å². The Morgan fingerprint density at radius 3 is 2.48 bits per heavy atom. The number of carbonyl (C=O) groups is 2. The monoisotopic (exact) mass is 368 g/mol. The number of benzene rings is 2. The molecule has 0 aliphatic heterocycles. The summed E-state index contributed by atoms with van der Waals surface area (Å²) in [5, 5.41) is 2.75.